The summed E-state index contributed by atoms with van der Waals surface area (Å²) in [5.74, 6) is 0.312. The van der Waals surface area contributed by atoms with E-state index < -0.39 is 0 Å². The summed E-state index contributed by atoms with van der Waals surface area (Å²) in [5, 5.41) is 23.1. The van der Waals surface area contributed by atoms with Crippen LogP contribution in [0, 0.1) is 0 Å². The second-order valence-corrected chi connectivity index (χ2v) is 6.95. The molecule has 2 N–H and O–H groups in total. The molecular formula is C18H24N2O2S. The Kier molecular flexibility index (Phi) is 5.67. The van der Waals surface area contributed by atoms with Crippen molar-refractivity contribution in [3.05, 3.63) is 52.2 Å². The number of hydrogen-bond acceptors (Lipinski definition) is 5. The summed E-state index contributed by atoms with van der Waals surface area (Å²) in [6, 6.07) is 10.0. The third-order valence-electron chi connectivity index (χ3n) is 4.46. The van der Waals surface area contributed by atoms with Gasteiger partial charge in [-0.15, -0.1) is 0 Å². The molecule has 1 aromatic heterocycles. The van der Waals surface area contributed by atoms with Crippen LogP contribution in [0.2, 0.25) is 0 Å². The first kappa shape index (κ1) is 16.5. The Balaban J connectivity index is 1.60. The smallest absolute Gasteiger partial charge is 0.115 e. The van der Waals surface area contributed by atoms with Crippen molar-refractivity contribution in [1.82, 2.24) is 9.80 Å². The highest BCUT2D eigenvalue weighted by atomic mass is 32.1. The minimum absolute atomic E-state index is 0.234. The maximum absolute atomic E-state index is 9.40. The molecule has 0 amide bonds. The van der Waals surface area contributed by atoms with Gasteiger partial charge in [0.25, 0.3) is 0 Å². The van der Waals surface area contributed by atoms with Crippen molar-refractivity contribution < 1.29 is 10.2 Å². The Labute approximate surface area is 141 Å². The lowest BCUT2D eigenvalue weighted by atomic mass is 10.1. The van der Waals surface area contributed by atoms with E-state index in [-0.39, 0.29) is 6.61 Å². The van der Waals surface area contributed by atoms with Gasteiger partial charge in [0.15, 0.2) is 0 Å². The van der Waals surface area contributed by atoms with Crippen molar-refractivity contribution in [2.24, 2.45) is 0 Å². The van der Waals surface area contributed by atoms with Crippen LogP contribution in [-0.2, 0) is 13.1 Å². The molecule has 1 aliphatic rings. The van der Waals surface area contributed by atoms with E-state index in [4.69, 9.17) is 0 Å². The summed E-state index contributed by atoms with van der Waals surface area (Å²) < 4.78 is 0. The van der Waals surface area contributed by atoms with Gasteiger partial charge in [-0.3, -0.25) is 9.80 Å². The largest absolute Gasteiger partial charge is 0.508 e. The lowest BCUT2D eigenvalue weighted by molar-refractivity contribution is 0.0500. The first-order chi connectivity index (χ1) is 11.2. The number of rotatable bonds is 6. The minimum Gasteiger partial charge on any atom is -0.508 e. The predicted octanol–water partition coefficient (Wildman–Crippen LogP) is 2.52. The Hall–Kier alpha value is -1.40. The van der Waals surface area contributed by atoms with E-state index in [0.717, 1.165) is 39.1 Å². The average Bonchev–Trinajstić information content (AvgIpc) is 3.05. The Morgan fingerprint density at radius 2 is 1.87 bits per heavy atom. The number of aliphatic hydroxyl groups is 1. The number of hydrogen-bond donors (Lipinski definition) is 2. The molecule has 1 fully saturated rings. The monoisotopic (exact) mass is 332 g/mol. The van der Waals surface area contributed by atoms with E-state index in [1.807, 2.05) is 12.1 Å². The van der Waals surface area contributed by atoms with Crippen LogP contribution in [0.5, 0.6) is 5.75 Å². The van der Waals surface area contributed by atoms with Gasteiger partial charge in [0, 0.05) is 45.4 Å². The molecule has 0 bridgehead atoms. The highest BCUT2D eigenvalue weighted by Crippen LogP contribution is 2.20. The van der Waals surface area contributed by atoms with Crippen LogP contribution in [0.25, 0.3) is 0 Å². The SMILES string of the molecule is OCC[C@H]1CN(Cc2ccc(O)cc2)CCN1Cc1ccsc1. The molecule has 0 radical (unpaired) electrons. The summed E-state index contributed by atoms with van der Waals surface area (Å²) in [6.07, 6.45) is 0.816. The van der Waals surface area contributed by atoms with Crippen LogP contribution in [-0.4, -0.2) is 52.3 Å². The highest BCUT2D eigenvalue weighted by molar-refractivity contribution is 7.07. The Morgan fingerprint density at radius 3 is 2.57 bits per heavy atom. The van der Waals surface area contributed by atoms with Crippen molar-refractivity contribution >= 4 is 11.3 Å². The molecule has 0 aliphatic carbocycles. The molecule has 0 spiro atoms. The Morgan fingerprint density at radius 1 is 1.04 bits per heavy atom. The normalized spacial score (nSPS) is 20.0. The van der Waals surface area contributed by atoms with Gasteiger partial charge in [0.2, 0.25) is 0 Å². The van der Waals surface area contributed by atoms with Gasteiger partial charge >= 0.3 is 0 Å². The molecule has 124 valence electrons. The van der Waals surface area contributed by atoms with Crippen LogP contribution in [0.4, 0.5) is 0 Å². The predicted molar refractivity (Wildman–Crippen MR) is 93.6 cm³/mol. The maximum atomic E-state index is 9.40. The van der Waals surface area contributed by atoms with Gasteiger partial charge < -0.3 is 10.2 Å². The molecule has 23 heavy (non-hydrogen) atoms. The Bertz CT molecular complexity index is 586. The van der Waals surface area contributed by atoms with Crippen molar-refractivity contribution in [1.29, 1.82) is 0 Å². The molecular weight excluding hydrogens is 308 g/mol. The first-order valence-corrected chi connectivity index (χ1v) is 9.05. The van der Waals surface area contributed by atoms with Crippen LogP contribution in [0.3, 0.4) is 0 Å². The van der Waals surface area contributed by atoms with Crippen molar-refractivity contribution in [2.45, 2.75) is 25.6 Å². The average molecular weight is 332 g/mol. The number of nitrogens with zero attached hydrogens (tertiary/aromatic N) is 2. The van der Waals surface area contributed by atoms with Crippen molar-refractivity contribution in [3.63, 3.8) is 0 Å². The van der Waals surface area contributed by atoms with Gasteiger partial charge in [0.1, 0.15) is 5.75 Å². The fourth-order valence-corrected chi connectivity index (χ4v) is 3.87. The number of phenols is 1. The number of benzene rings is 1. The number of piperazine rings is 1. The number of phenolic OH excluding ortho intramolecular Hbond substituents is 1. The van der Waals surface area contributed by atoms with Gasteiger partial charge in [-0.05, 0) is 46.5 Å². The van der Waals surface area contributed by atoms with Crippen molar-refractivity contribution in [3.8, 4) is 5.75 Å². The molecule has 1 aromatic carbocycles. The molecule has 1 atom stereocenters. The summed E-state index contributed by atoms with van der Waals surface area (Å²) >= 11 is 1.74. The standard InChI is InChI=1S/C18H24N2O2S/c21-9-5-17-13-19(11-15-1-3-18(22)4-2-15)7-8-20(17)12-16-6-10-23-14-16/h1-4,6,10,14,17,21-22H,5,7-9,11-13H2/t17-/m0/s1. The molecule has 0 unspecified atom stereocenters. The van der Waals surface area contributed by atoms with E-state index in [0.29, 0.717) is 11.8 Å². The zero-order valence-corrected chi connectivity index (χ0v) is 14.1. The molecule has 5 heteroatoms. The van der Waals surface area contributed by atoms with Crippen LogP contribution in [0.15, 0.2) is 41.1 Å². The quantitative estimate of drug-likeness (QED) is 0.853. The lowest BCUT2D eigenvalue weighted by Gasteiger charge is -2.41. The zero-order chi connectivity index (χ0) is 16.1. The third-order valence-corrected chi connectivity index (χ3v) is 5.19. The summed E-state index contributed by atoms with van der Waals surface area (Å²) in [7, 11) is 0. The molecule has 2 aromatic rings. The topological polar surface area (TPSA) is 46.9 Å². The van der Waals surface area contributed by atoms with Gasteiger partial charge in [-0.25, -0.2) is 0 Å². The second-order valence-electron chi connectivity index (χ2n) is 6.17. The zero-order valence-electron chi connectivity index (χ0n) is 13.3. The van der Waals surface area contributed by atoms with Gasteiger partial charge in [0.05, 0.1) is 0 Å². The van der Waals surface area contributed by atoms with Gasteiger partial charge in [-0.1, -0.05) is 12.1 Å². The number of thiophene rings is 1. The fraction of sp³-hybridized carbons (Fsp3) is 0.444. The molecule has 3 rings (SSSR count). The van der Waals surface area contributed by atoms with E-state index >= 15 is 0 Å². The molecule has 2 heterocycles. The van der Waals surface area contributed by atoms with E-state index in [9.17, 15) is 10.2 Å². The summed E-state index contributed by atoms with van der Waals surface area (Å²) in [4.78, 5) is 4.93. The summed E-state index contributed by atoms with van der Waals surface area (Å²) in [5.41, 5.74) is 2.58. The first-order valence-electron chi connectivity index (χ1n) is 8.11. The minimum atomic E-state index is 0.234. The van der Waals surface area contributed by atoms with Crippen molar-refractivity contribution in [2.75, 3.05) is 26.2 Å². The lowest BCUT2D eigenvalue weighted by Crippen LogP contribution is -2.52. The van der Waals surface area contributed by atoms with E-state index in [2.05, 4.69) is 26.6 Å². The molecule has 1 aliphatic heterocycles. The van der Waals surface area contributed by atoms with E-state index in [1.54, 1.807) is 23.5 Å². The molecule has 0 saturated carbocycles. The maximum Gasteiger partial charge on any atom is 0.115 e. The summed E-state index contributed by atoms with van der Waals surface area (Å²) in [6.45, 7) is 5.14. The highest BCUT2D eigenvalue weighted by Gasteiger charge is 2.26. The van der Waals surface area contributed by atoms with Crippen LogP contribution < -0.4 is 0 Å². The number of aliphatic hydroxyl groups excluding tert-OH is 1. The molecule has 1 saturated heterocycles. The molecule has 4 nitrogen and oxygen atoms in total. The van der Waals surface area contributed by atoms with Gasteiger partial charge in [-0.2, -0.15) is 11.3 Å². The van der Waals surface area contributed by atoms with Crippen LogP contribution >= 0.6 is 11.3 Å². The van der Waals surface area contributed by atoms with E-state index in [1.165, 1.54) is 11.1 Å². The third kappa shape index (κ3) is 4.54. The second kappa shape index (κ2) is 7.93. The van der Waals surface area contributed by atoms with Crippen LogP contribution in [0.1, 0.15) is 17.5 Å². The fourth-order valence-electron chi connectivity index (χ4n) is 3.21. The number of aromatic hydroxyl groups is 1.